The van der Waals surface area contributed by atoms with E-state index in [9.17, 15) is 0 Å². The monoisotopic (exact) mass is 377 g/mol. The van der Waals surface area contributed by atoms with E-state index in [4.69, 9.17) is 10.5 Å². The number of anilines is 1. The molecule has 1 aromatic carbocycles. The van der Waals surface area contributed by atoms with E-state index in [0.717, 1.165) is 21.6 Å². The Morgan fingerprint density at radius 2 is 2.25 bits per heavy atom. The first kappa shape index (κ1) is 17.2. The number of nitrogens with one attached hydrogen (secondary N) is 1. The average molecular weight is 379 g/mol. The van der Waals surface area contributed by atoms with Gasteiger partial charge in [-0.2, -0.15) is 0 Å². The molecule has 0 spiro atoms. The average Bonchev–Trinajstić information content (AvgIpc) is 2.81. The smallest absolute Gasteiger partial charge is 0.180 e. The summed E-state index contributed by atoms with van der Waals surface area (Å²) in [7, 11) is 1.66. The number of methoxy groups -OCH3 is 1. The van der Waals surface area contributed by atoms with Gasteiger partial charge in [0.05, 0.1) is 11.6 Å². The van der Waals surface area contributed by atoms with Gasteiger partial charge in [-0.1, -0.05) is 6.07 Å². The molecule has 0 saturated heterocycles. The molecule has 1 unspecified atom stereocenters. The molecule has 2 aromatic rings. The van der Waals surface area contributed by atoms with Crippen LogP contribution in [0, 0.1) is 0 Å². The minimum Gasteiger partial charge on any atom is -0.496 e. The summed E-state index contributed by atoms with van der Waals surface area (Å²) in [5, 5.41) is 4.05. The molecular formula is C13H17BrClN3OS. The second-order valence-corrected chi connectivity index (χ2v) is 6.16. The number of thiazole rings is 1. The number of nitrogen functional groups attached to an aromatic ring is 1. The van der Waals surface area contributed by atoms with E-state index in [-0.39, 0.29) is 18.4 Å². The van der Waals surface area contributed by atoms with Crippen molar-refractivity contribution in [3.05, 3.63) is 39.3 Å². The first-order chi connectivity index (χ1) is 9.10. The predicted octanol–water partition coefficient (Wildman–Crippen LogP) is 3.77. The summed E-state index contributed by atoms with van der Waals surface area (Å²) in [6, 6.07) is 6.33. The maximum absolute atomic E-state index is 5.61. The molecule has 1 heterocycles. The van der Waals surface area contributed by atoms with E-state index in [0.29, 0.717) is 5.13 Å². The Morgan fingerprint density at radius 1 is 1.50 bits per heavy atom. The van der Waals surface area contributed by atoms with Crippen LogP contribution in [0.25, 0.3) is 0 Å². The Balaban J connectivity index is 0.00000200. The lowest BCUT2D eigenvalue weighted by Crippen LogP contribution is -2.17. The molecule has 0 radical (unpaired) electrons. The lowest BCUT2D eigenvalue weighted by Gasteiger charge is -2.15. The Labute approximate surface area is 137 Å². The van der Waals surface area contributed by atoms with Crippen molar-refractivity contribution >= 4 is 44.8 Å². The zero-order valence-electron chi connectivity index (χ0n) is 11.2. The van der Waals surface area contributed by atoms with Gasteiger partial charge in [-0.25, -0.2) is 4.98 Å². The quantitative estimate of drug-likeness (QED) is 0.831. The third-order valence-corrected chi connectivity index (χ3v) is 4.28. The number of hydrogen-bond donors (Lipinski definition) is 2. The Hall–Kier alpha value is -0.820. The second-order valence-electron chi connectivity index (χ2n) is 4.16. The topological polar surface area (TPSA) is 60.2 Å². The predicted molar refractivity (Wildman–Crippen MR) is 89.7 cm³/mol. The minimum absolute atomic E-state index is 0. The molecule has 3 N–H and O–H groups in total. The summed E-state index contributed by atoms with van der Waals surface area (Å²) in [5.41, 5.74) is 6.81. The molecule has 0 bridgehead atoms. The molecule has 0 saturated carbocycles. The van der Waals surface area contributed by atoms with Crippen LogP contribution in [0.4, 0.5) is 5.13 Å². The van der Waals surface area contributed by atoms with Gasteiger partial charge in [0.1, 0.15) is 5.75 Å². The van der Waals surface area contributed by atoms with E-state index in [1.807, 2.05) is 12.3 Å². The van der Waals surface area contributed by atoms with Crippen LogP contribution in [0.1, 0.15) is 23.4 Å². The van der Waals surface area contributed by atoms with E-state index in [2.05, 4.69) is 45.3 Å². The third kappa shape index (κ3) is 4.34. The van der Waals surface area contributed by atoms with Crippen molar-refractivity contribution in [2.75, 3.05) is 12.8 Å². The molecule has 0 aliphatic heterocycles. The number of rotatable bonds is 5. The standard InChI is InChI=1S/C13H16BrN3OS.ClH/c1-8(16-6-10-7-17-13(15)19-10)9-3-4-12(18-2)11(14)5-9;/h3-5,7-8,16H,6H2,1-2H3,(H2,15,17);1H. The van der Waals surface area contributed by atoms with Crippen molar-refractivity contribution in [3.8, 4) is 5.75 Å². The van der Waals surface area contributed by atoms with E-state index in [1.165, 1.54) is 16.9 Å². The summed E-state index contributed by atoms with van der Waals surface area (Å²) < 4.78 is 6.19. The molecule has 110 valence electrons. The zero-order chi connectivity index (χ0) is 13.8. The van der Waals surface area contributed by atoms with Gasteiger partial charge in [0.15, 0.2) is 5.13 Å². The molecule has 0 fully saturated rings. The first-order valence-corrected chi connectivity index (χ1v) is 7.48. The highest BCUT2D eigenvalue weighted by molar-refractivity contribution is 9.10. The number of nitrogens with zero attached hydrogens (tertiary/aromatic N) is 1. The van der Waals surface area contributed by atoms with Crippen molar-refractivity contribution in [3.63, 3.8) is 0 Å². The SMILES string of the molecule is COc1ccc(C(C)NCc2cnc(N)s2)cc1Br.Cl. The summed E-state index contributed by atoms with van der Waals surface area (Å²) in [5.74, 6) is 0.839. The maximum atomic E-state index is 5.61. The summed E-state index contributed by atoms with van der Waals surface area (Å²) in [4.78, 5) is 5.17. The molecule has 0 aliphatic rings. The number of nitrogens with two attached hydrogens (primary N) is 1. The van der Waals surface area contributed by atoms with E-state index in [1.54, 1.807) is 7.11 Å². The highest BCUT2D eigenvalue weighted by atomic mass is 79.9. The Kier molecular flexibility index (Phi) is 6.75. The van der Waals surface area contributed by atoms with Gasteiger partial charge in [-0.3, -0.25) is 0 Å². The van der Waals surface area contributed by atoms with Crippen LogP contribution in [-0.2, 0) is 6.54 Å². The minimum atomic E-state index is 0. The largest absolute Gasteiger partial charge is 0.496 e. The van der Waals surface area contributed by atoms with Gasteiger partial charge in [-0.15, -0.1) is 23.7 Å². The van der Waals surface area contributed by atoms with Gasteiger partial charge in [0.2, 0.25) is 0 Å². The zero-order valence-corrected chi connectivity index (χ0v) is 14.4. The molecular weight excluding hydrogens is 362 g/mol. The van der Waals surface area contributed by atoms with E-state index >= 15 is 0 Å². The van der Waals surface area contributed by atoms with Crippen LogP contribution < -0.4 is 15.8 Å². The third-order valence-electron chi connectivity index (χ3n) is 2.83. The molecule has 0 amide bonds. The van der Waals surface area contributed by atoms with Crippen LogP contribution >= 0.6 is 39.7 Å². The van der Waals surface area contributed by atoms with Gasteiger partial charge in [0, 0.05) is 23.7 Å². The van der Waals surface area contributed by atoms with Gasteiger partial charge in [-0.05, 0) is 40.5 Å². The van der Waals surface area contributed by atoms with Crippen LogP contribution in [0.2, 0.25) is 0 Å². The van der Waals surface area contributed by atoms with Crippen molar-refractivity contribution in [1.29, 1.82) is 0 Å². The lowest BCUT2D eigenvalue weighted by molar-refractivity contribution is 0.411. The maximum Gasteiger partial charge on any atom is 0.180 e. The first-order valence-electron chi connectivity index (χ1n) is 5.87. The summed E-state index contributed by atoms with van der Waals surface area (Å²) >= 11 is 5.01. The van der Waals surface area contributed by atoms with Crippen molar-refractivity contribution in [1.82, 2.24) is 10.3 Å². The number of ether oxygens (including phenoxy) is 1. The summed E-state index contributed by atoms with van der Waals surface area (Å²) in [6.45, 7) is 2.89. The molecule has 20 heavy (non-hydrogen) atoms. The molecule has 2 rings (SSSR count). The normalized spacial score (nSPS) is 11.8. The van der Waals surface area contributed by atoms with Gasteiger partial charge >= 0.3 is 0 Å². The second kappa shape index (κ2) is 7.83. The Morgan fingerprint density at radius 3 is 2.80 bits per heavy atom. The number of halogens is 2. The molecule has 1 aromatic heterocycles. The fraction of sp³-hybridized carbons (Fsp3) is 0.308. The highest BCUT2D eigenvalue weighted by Crippen LogP contribution is 2.28. The van der Waals surface area contributed by atoms with Crippen LogP contribution in [0.15, 0.2) is 28.9 Å². The van der Waals surface area contributed by atoms with Crippen molar-refractivity contribution in [2.24, 2.45) is 0 Å². The van der Waals surface area contributed by atoms with Gasteiger partial charge in [0.25, 0.3) is 0 Å². The van der Waals surface area contributed by atoms with E-state index < -0.39 is 0 Å². The fourth-order valence-corrected chi connectivity index (χ4v) is 2.92. The van der Waals surface area contributed by atoms with Crippen LogP contribution in [-0.4, -0.2) is 12.1 Å². The van der Waals surface area contributed by atoms with Gasteiger partial charge < -0.3 is 15.8 Å². The molecule has 4 nitrogen and oxygen atoms in total. The van der Waals surface area contributed by atoms with Crippen LogP contribution in [0.3, 0.4) is 0 Å². The number of hydrogen-bond acceptors (Lipinski definition) is 5. The summed E-state index contributed by atoms with van der Waals surface area (Å²) in [6.07, 6.45) is 1.81. The fourth-order valence-electron chi connectivity index (χ4n) is 1.73. The number of benzene rings is 1. The van der Waals surface area contributed by atoms with Crippen molar-refractivity contribution < 1.29 is 4.74 Å². The number of aromatic nitrogens is 1. The van der Waals surface area contributed by atoms with Crippen LogP contribution in [0.5, 0.6) is 5.75 Å². The molecule has 7 heteroatoms. The molecule has 0 aliphatic carbocycles. The van der Waals surface area contributed by atoms with Crippen molar-refractivity contribution in [2.45, 2.75) is 19.5 Å². The molecule has 1 atom stereocenters. The lowest BCUT2D eigenvalue weighted by atomic mass is 10.1. The Bertz CT molecular complexity index is 564. The highest BCUT2D eigenvalue weighted by Gasteiger charge is 2.09.